The normalized spacial score (nSPS) is 12.5. The van der Waals surface area contributed by atoms with Crippen LogP contribution in [0.3, 0.4) is 0 Å². The lowest BCUT2D eigenvalue weighted by Crippen LogP contribution is -2.45. The zero-order valence-electron chi connectivity index (χ0n) is 12.8. The minimum Gasteiger partial charge on any atom is -0.469 e. The summed E-state index contributed by atoms with van der Waals surface area (Å²) in [6, 6.07) is 5.20. The second-order valence-corrected chi connectivity index (χ2v) is 6.43. The molecule has 1 amide bonds. The number of hydrogen-bond donors (Lipinski definition) is 2. The monoisotopic (exact) mass is 328 g/mol. The van der Waals surface area contributed by atoms with E-state index in [0.717, 1.165) is 5.56 Å². The molecular formula is C14H20N2O5S. The molecule has 0 bridgehead atoms. The Hall–Kier alpha value is -1.93. The molecule has 0 spiro atoms. The summed E-state index contributed by atoms with van der Waals surface area (Å²) < 4.78 is 31.4. The minimum absolute atomic E-state index is 0.0113. The van der Waals surface area contributed by atoms with E-state index in [0.29, 0.717) is 0 Å². The SMILES string of the molecule is CNC(=O)[C@@H](CCC(=O)OC)NS(=O)(=O)c1ccc(C)cc1. The van der Waals surface area contributed by atoms with E-state index < -0.39 is 27.9 Å². The molecule has 22 heavy (non-hydrogen) atoms. The Balaban J connectivity index is 2.89. The maximum absolute atomic E-state index is 12.3. The Labute approximate surface area is 130 Å². The highest BCUT2D eigenvalue weighted by Crippen LogP contribution is 2.12. The maximum atomic E-state index is 12.3. The van der Waals surface area contributed by atoms with Crippen molar-refractivity contribution < 1.29 is 22.7 Å². The highest BCUT2D eigenvalue weighted by molar-refractivity contribution is 7.89. The van der Waals surface area contributed by atoms with E-state index in [1.54, 1.807) is 12.1 Å². The Bertz CT molecular complexity index is 625. The van der Waals surface area contributed by atoms with Gasteiger partial charge in [0.15, 0.2) is 0 Å². The topological polar surface area (TPSA) is 102 Å². The summed E-state index contributed by atoms with van der Waals surface area (Å²) in [6.07, 6.45) is -0.0531. The number of likely N-dealkylation sites (N-methyl/N-ethyl adjacent to an activating group) is 1. The fourth-order valence-electron chi connectivity index (χ4n) is 1.75. The minimum atomic E-state index is -3.85. The number of nitrogens with one attached hydrogen (secondary N) is 2. The van der Waals surface area contributed by atoms with E-state index in [2.05, 4.69) is 14.8 Å². The van der Waals surface area contributed by atoms with E-state index in [9.17, 15) is 18.0 Å². The Morgan fingerprint density at radius 2 is 1.82 bits per heavy atom. The molecule has 1 aromatic carbocycles. The van der Waals surface area contributed by atoms with Crippen molar-refractivity contribution in [2.24, 2.45) is 0 Å². The molecule has 8 heteroatoms. The fourth-order valence-corrected chi connectivity index (χ4v) is 2.98. The Morgan fingerprint density at radius 3 is 2.32 bits per heavy atom. The molecule has 0 radical (unpaired) electrons. The lowest BCUT2D eigenvalue weighted by molar-refractivity contribution is -0.140. The van der Waals surface area contributed by atoms with Gasteiger partial charge in [-0.2, -0.15) is 4.72 Å². The first-order valence-electron chi connectivity index (χ1n) is 6.67. The molecule has 0 unspecified atom stereocenters. The molecule has 1 atom stereocenters. The van der Waals surface area contributed by atoms with Crippen LogP contribution in [-0.4, -0.2) is 40.5 Å². The standard InChI is InChI=1S/C14H20N2O5S/c1-10-4-6-11(7-5-10)22(19,20)16-12(14(18)15-2)8-9-13(17)21-3/h4-7,12,16H,8-9H2,1-3H3,(H,15,18)/t12-/m1/s1. The van der Waals surface area contributed by atoms with Crippen molar-refractivity contribution in [2.45, 2.75) is 30.7 Å². The first-order valence-corrected chi connectivity index (χ1v) is 8.16. The average molecular weight is 328 g/mol. The molecule has 0 saturated carbocycles. The molecule has 0 aliphatic rings. The van der Waals surface area contributed by atoms with Crippen LogP contribution in [0.2, 0.25) is 0 Å². The number of amides is 1. The smallest absolute Gasteiger partial charge is 0.305 e. The van der Waals surface area contributed by atoms with Gasteiger partial charge in [0, 0.05) is 13.5 Å². The van der Waals surface area contributed by atoms with Crippen molar-refractivity contribution in [1.29, 1.82) is 0 Å². The number of sulfonamides is 1. The van der Waals surface area contributed by atoms with Gasteiger partial charge in [0.05, 0.1) is 12.0 Å². The molecule has 1 rings (SSSR count). The predicted octanol–water partition coefficient (Wildman–Crippen LogP) is 0.341. The summed E-state index contributed by atoms with van der Waals surface area (Å²) in [5, 5.41) is 2.37. The van der Waals surface area contributed by atoms with Gasteiger partial charge < -0.3 is 10.1 Å². The van der Waals surface area contributed by atoms with Crippen molar-refractivity contribution in [3.8, 4) is 0 Å². The first kappa shape index (κ1) is 18.1. The largest absolute Gasteiger partial charge is 0.469 e. The van der Waals surface area contributed by atoms with Gasteiger partial charge >= 0.3 is 5.97 Å². The maximum Gasteiger partial charge on any atom is 0.305 e. The zero-order valence-corrected chi connectivity index (χ0v) is 13.6. The molecule has 0 aliphatic carbocycles. The second-order valence-electron chi connectivity index (χ2n) is 4.72. The van der Waals surface area contributed by atoms with Gasteiger partial charge in [0.2, 0.25) is 15.9 Å². The average Bonchev–Trinajstić information content (AvgIpc) is 2.50. The Morgan fingerprint density at radius 1 is 1.23 bits per heavy atom. The van der Waals surface area contributed by atoms with Crippen LogP contribution < -0.4 is 10.0 Å². The molecule has 2 N–H and O–H groups in total. The molecule has 7 nitrogen and oxygen atoms in total. The highest BCUT2D eigenvalue weighted by Gasteiger charge is 2.25. The fraction of sp³-hybridized carbons (Fsp3) is 0.429. The van der Waals surface area contributed by atoms with Crippen LogP contribution in [0.4, 0.5) is 0 Å². The van der Waals surface area contributed by atoms with E-state index in [1.165, 1.54) is 26.3 Å². The van der Waals surface area contributed by atoms with Gasteiger partial charge in [0.25, 0.3) is 0 Å². The third kappa shape index (κ3) is 5.12. The van der Waals surface area contributed by atoms with Crippen LogP contribution in [-0.2, 0) is 24.3 Å². The van der Waals surface area contributed by atoms with Crippen molar-refractivity contribution in [2.75, 3.05) is 14.2 Å². The third-order valence-corrected chi connectivity index (χ3v) is 4.54. The molecule has 0 aliphatic heterocycles. The number of esters is 1. The van der Waals surface area contributed by atoms with E-state index >= 15 is 0 Å². The number of benzene rings is 1. The number of carbonyl (C=O) groups excluding carboxylic acids is 2. The predicted molar refractivity (Wildman–Crippen MR) is 80.6 cm³/mol. The van der Waals surface area contributed by atoms with Crippen molar-refractivity contribution >= 4 is 21.9 Å². The zero-order chi connectivity index (χ0) is 16.8. The van der Waals surface area contributed by atoms with Crippen LogP contribution in [0.25, 0.3) is 0 Å². The van der Waals surface area contributed by atoms with E-state index in [4.69, 9.17) is 0 Å². The lowest BCUT2D eigenvalue weighted by atomic mass is 10.1. The van der Waals surface area contributed by atoms with Gasteiger partial charge in [-0.1, -0.05) is 17.7 Å². The van der Waals surface area contributed by atoms with Crippen LogP contribution in [0, 0.1) is 6.92 Å². The Kier molecular flexibility index (Phi) is 6.51. The van der Waals surface area contributed by atoms with Crippen LogP contribution in [0.1, 0.15) is 18.4 Å². The summed E-state index contributed by atoms with van der Waals surface area (Å²) in [7, 11) is -1.22. The molecule has 0 fully saturated rings. The number of rotatable bonds is 7. The lowest BCUT2D eigenvalue weighted by Gasteiger charge is -2.17. The molecule has 0 saturated heterocycles. The van der Waals surface area contributed by atoms with Gasteiger partial charge in [-0.15, -0.1) is 0 Å². The summed E-state index contributed by atoms with van der Waals surface area (Å²) >= 11 is 0. The second kappa shape index (κ2) is 7.90. The van der Waals surface area contributed by atoms with E-state index in [1.807, 2.05) is 6.92 Å². The van der Waals surface area contributed by atoms with E-state index in [-0.39, 0.29) is 17.7 Å². The van der Waals surface area contributed by atoms with Crippen LogP contribution in [0.5, 0.6) is 0 Å². The third-order valence-electron chi connectivity index (χ3n) is 3.06. The number of hydrogen-bond acceptors (Lipinski definition) is 5. The number of methoxy groups -OCH3 is 1. The van der Waals surface area contributed by atoms with Gasteiger partial charge in [-0.25, -0.2) is 8.42 Å². The quantitative estimate of drug-likeness (QED) is 0.703. The highest BCUT2D eigenvalue weighted by atomic mass is 32.2. The van der Waals surface area contributed by atoms with Gasteiger partial charge in [-0.05, 0) is 25.5 Å². The molecule has 1 aromatic rings. The number of aryl methyl sites for hydroxylation is 1. The summed E-state index contributed by atoms with van der Waals surface area (Å²) in [4.78, 5) is 23.0. The molecule has 0 aromatic heterocycles. The molecule has 122 valence electrons. The summed E-state index contributed by atoms with van der Waals surface area (Å²) in [6.45, 7) is 1.84. The molecule has 0 heterocycles. The van der Waals surface area contributed by atoms with Gasteiger partial charge in [-0.3, -0.25) is 9.59 Å². The van der Waals surface area contributed by atoms with Gasteiger partial charge in [0.1, 0.15) is 6.04 Å². The summed E-state index contributed by atoms with van der Waals surface area (Å²) in [5.74, 6) is -1.02. The summed E-state index contributed by atoms with van der Waals surface area (Å²) in [5.41, 5.74) is 0.924. The van der Waals surface area contributed by atoms with Crippen LogP contribution >= 0.6 is 0 Å². The van der Waals surface area contributed by atoms with Crippen molar-refractivity contribution in [3.05, 3.63) is 29.8 Å². The van der Waals surface area contributed by atoms with Crippen molar-refractivity contribution in [1.82, 2.24) is 10.0 Å². The van der Waals surface area contributed by atoms with Crippen LogP contribution in [0.15, 0.2) is 29.2 Å². The molecular weight excluding hydrogens is 308 g/mol. The number of ether oxygens (including phenoxy) is 1. The van der Waals surface area contributed by atoms with Crippen molar-refractivity contribution in [3.63, 3.8) is 0 Å². The first-order chi connectivity index (χ1) is 10.3. The number of carbonyl (C=O) groups is 2.